The largest absolute Gasteiger partial charge is 0.494 e. The maximum absolute atomic E-state index is 12.9. The van der Waals surface area contributed by atoms with E-state index in [0.717, 1.165) is 5.75 Å². The minimum absolute atomic E-state index is 0.0766. The van der Waals surface area contributed by atoms with Crippen LogP contribution in [0.15, 0.2) is 24.3 Å². The molecular formula is C18H29NO4. The predicted octanol–water partition coefficient (Wildman–Crippen LogP) is 2.64. The number of carbonyl (C=O) groups excluding carboxylic acids is 1. The standard InChI is InChI=1S/C18H29NO4/c1-6-23-16-9-7-15(8-10-16)17(20)18(2,3)19(11-13-21-4)12-14-22-5/h7-10H,6,11-14H2,1-5H3. The Bertz CT molecular complexity index is 462. The number of carbonyl (C=O) groups is 1. The van der Waals surface area contributed by atoms with Crippen LogP contribution >= 0.6 is 0 Å². The molecule has 0 radical (unpaired) electrons. The maximum atomic E-state index is 12.9. The van der Waals surface area contributed by atoms with E-state index in [1.54, 1.807) is 14.2 Å². The Morgan fingerprint density at radius 3 is 2.00 bits per heavy atom. The lowest BCUT2D eigenvalue weighted by molar-refractivity contribution is 0.0418. The fraction of sp³-hybridized carbons (Fsp3) is 0.611. The summed E-state index contributed by atoms with van der Waals surface area (Å²) in [6.07, 6.45) is 0. The molecule has 1 aromatic rings. The summed E-state index contributed by atoms with van der Waals surface area (Å²) >= 11 is 0. The van der Waals surface area contributed by atoms with Gasteiger partial charge in [-0.05, 0) is 45.0 Å². The molecule has 0 saturated carbocycles. The average molecular weight is 323 g/mol. The van der Waals surface area contributed by atoms with Crippen LogP contribution < -0.4 is 4.74 Å². The lowest BCUT2D eigenvalue weighted by Gasteiger charge is -2.37. The van der Waals surface area contributed by atoms with Gasteiger partial charge < -0.3 is 14.2 Å². The van der Waals surface area contributed by atoms with Crippen LogP contribution in [0.25, 0.3) is 0 Å². The molecule has 0 unspecified atom stereocenters. The Labute approximate surface area is 139 Å². The molecule has 0 saturated heterocycles. The van der Waals surface area contributed by atoms with Crippen molar-refractivity contribution in [1.82, 2.24) is 4.90 Å². The van der Waals surface area contributed by atoms with Gasteiger partial charge in [-0.15, -0.1) is 0 Å². The first-order chi connectivity index (χ1) is 11.0. The van der Waals surface area contributed by atoms with E-state index in [-0.39, 0.29) is 5.78 Å². The van der Waals surface area contributed by atoms with Gasteiger partial charge in [-0.2, -0.15) is 0 Å². The van der Waals surface area contributed by atoms with Gasteiger partial charge in [0.25, 0.3) is 0 Å². The zero-order chi connectivity index (χ0) is 17.3. The summed E-state index contributed by atoms with van der Waals surface area (Å²) in [5, 5.41) is 0. The molecular weight excluding hydrogens is 294 g/mol. The third-order valence-electron chi connectivity index (χ3n) is 3.90. The molecule has 0 amide bonds. The van der Waals surface area contributed by atoms with E-state index in [9.17, 15) is 4.79 Å². The molecule has 0 spiro atoms. The number of ketones is 1. The van der Waals surface area contributed by atoms with E-state index in [4.69, 9.17) is 14.2 Å². The summed E-state index contributed by atoms with van der Waals surface area (Å²) in [5.41, 5.74) is 0.0442. The molecule has 0 heterocycles. The van der Waals surface area contributed by atoms with Crippen molar-refractivity contribution in [3.63, 3.8) is 0 Å². The number of Topliss-reactive ketones (excluding diaryl/α,β-unsaturated/α-hetero) is 1. The third kappa shape index (κ3) is 5.61. The van der Waals surface area contributed by atoms with Gasteiger partial charge in [-0.25, -0.2) is 0 Å². The van der Waals surface area contributed by atoms with Gasteiger partial charge in [0.15, 0.2) is 5.78 Å². The Hall–Kier alpha value is -1.43. The van der Waals surface area contributed by atoms with E-state index >= 15 is 0 Å². The molecule has 0 aliphatic heterocycles. The van der Waals surface area contributed by atoms with Crippen LogP contribution in [0.4, 0.5) is 0 Å². The molecule has 23 heavy (non-hydrogen) atoms. The van der Waals surface area contributed by atoms with Crippen molar-refractivity contribution in [2.45, 2.75) is 26.3 Å². The summed E-state index contributed by atoms with van der Waals surface area (Å²) < 4.78 is 15.8. The van der Waals surface area contributed by atoms with Crippen LogP contribution in [-0.4, -0.2) is 63.4 Å². The normalized spacial score (nSPS) is 11.7. The lowest BCUT2D eigenvalue weighted by atomic mass is 9.91. The van der Waals surface area contributed by atoms with Gasteiger partial charge in [-0.3, -0.25) is 9.69 Å². The zero-order valence-electron chi connectivity index (χ0n) is 14.9. The van der Waals surface area contributed by atoms with Crippen molar-refractivity contribution >= 4 is 5.78 Å². The van der Waals surface area contributed by atoms with Gasteiger partial charge in [0, 0.05) is 32.9 Å². The van der Waals surface area contributed by atoms with Crippen LogP contribution in [0.2, 0.25) is 0 Å². The van der Waals surface area contributed by atoms with Crippen molar-refractivity contribution < 1.29 is 19.0 Å². The second-order valence-corrected chi connectivity index (χ2v) is 5.82. The minimum atomic E-state index is -0.635. The molecule has 1 rings (SSSR count). The molecule has 5 nitrogen and oxygen atoms in total. The lowest BCUT2D eigenvalue weighted by Crippen LogP contribution is -2.52. The summed E-state index contributed by atoms with van der Waals surface area (Å²) in [6.45, 7) is 8.93. The smallest absolute Gasteiger partial charge is 0.182 e. The number of nitrogens with zero attached hydrogens (tertiary/aromatic N) is 1. The van der Waals surface area contributed by atoms with E-state index < -0.39 is 5.54 Å². The van der Waals surface area contributed by atoms with E-state index in [2.05, 4.69) is 4.90 Å². The van der Waals surface area contributed by atoms with E-state index in [1.165, 1.54) is 0 Å². The number of hydrogen-bond acceptors (Lipinski definition) is 5. The van der Waals surface area contributed by atoms with Crippen LogP contribution in [0.3, 0.4) is 0 Å². The summed E-state index contributed by atoms with van der Waals surface area (Å²) in [7, 11) is 3.32. The molecule has 130 valence electrons. The van der Waals surface area contributed by atoms with Crippen LogP contribution in [0.1, 0.15) is 31.1 Å². The number of benzene rings is 1. The summed E-state index contributed by atoms with van der Waals surface area (Å²) in [4.78, 5) is 15.0. The number of hydrogen-bond donors (Lipinski definition) is 0. The maximum Gasteiger partial charge on any atom is 0.182 e. The van der Waals surface area contributed by atoms with Crippen LogP contribution in [-0.2, 0) is 9.47 Å². The van der Waals surface area contributed by atoms with Crippen molar-refractivity contribution in [3.8, 4) is 5.75 Å². The first-order valence-corrected chi connectivity index (χ1v) is 7.98. The van der Waals surface area contributed by atoms with Crippen molar-refractivity contribution in [2.75, 3.05) is 47.1 Å². The van der Waals surface area contributed by atoms with Gasteiger partial charge in [-0.1, -0.05) is 0 Å². The van der Waals surface area contributed by atoms with E-state index in [0.29, 0.717) is 38.5 Å². The topological polar surface area (TPSA) is 48.0 Å². The highest BCUT2D eigenvalue weighted by Gasteiger charge is 2.34. The van der Waals surface area contributed by atoms with Gasteiger partial charge in [0.2, 0.25) is 0 Å². The second-order valence-electron chi connectivity index (χ2n) is 5.82. The van der Waals surface area contributed by atoms with Crippen LogP contribution in [0, 0.1) is 0 Å². The molecule has 0 atom stereocenters. The van der Waals surface area contributed by atoms with Crippen molar-refractivity contribution in [3.05, 3.63) is 29.8 Å². The molecule has 1 aromatic carbocycles. The molecule has 0 aliphatic carbocycles. The highest BCUT2D eigenvalue weighted by atomic mass is 16.5. The van der Waals surface area contributed by atoms with Gasteiger partial charge >= 0.3 is 0 Å². The zero-order valence-corrected chi connectivity index (χ0v) is 14.9. The fourth-order valence-corrected chi connectivity index (χ4v) is 2.44. The summed E-state index contributed by atoms with van der Waals surface area (Å²) in [5.74, 6) is 0.852. The third-order valence-corrected chi connectivity index (χ3v) is 3.90. The summed E-state index contributed by atoms with van der Waals surface area (Å²) in [6, 6.07) is 7.31. The van der Waals surface area contributed by atoms with Crippen LogP contribution in [0.5, 0.6) is 5.75 Å². The minimum Gasteiger partial charge on any atom is -0.494 e. The number of methoxy groups -OCH3 is 2. The highest BCUT2D eigenvalue weighted by Crippen LogP contribution is 2.22. The number of rotatable bonds is 11. The molecule has 0 aliphatic rings. The van der Waals surface area contributed by atoms with E-state index in [1.807, 2.05) is 45.0 Å². The Morgan fingerprint density at radius 2 is 1.57 bits per heavy atom. The molecule has 0 fully saturated rings. The first kappa shape index (κ1) is 19.6. The average Bonchev–Trinajstić information content (AvgIpc) is 2.55. The van der Waals surface area contributed by atoms with Gasteiger partial charge in [0.1, 0.15) is 5.75 Å². The SMILES string of the molecule is CCOc1ccc(C(=O)C(C)(C)N(CCOC)CCOC)cc1. The van der Waals surface area contributed by atoms with Gasteiger partial charge in [0.05, 0.1) is 25.4 Å². The fourth-order valence-electron chi connectivity index (χ4n) is 2.44. The Morgan fingerprint density at radius 1 is 1.04 bits per heavy atom. The second kappa shape index (κ2) is 9.65. The van der Waals surface area contributed by atoms with Crippen molar-refractivity contribution in [2.24, 2.45) is 0 Å². The molecule has 0 N–H and O–H groups in total. The Kier molecular flexibility index (Phi) is 8.23. The predicted molar refractivity (Wildman–Crippen MR) is 91.3 cm³/mol. The molecule has 0 bridgehead atoms. The molecule has 5 heteroatoms. The van der Waals surface area contributed by atoms with Crippen molar-refractivity contribution in [1.29, 1.82) is 0 Å². The monoisotopic (exact) mass is 323 g/mol. The molecule has 0 aromatic heterocycles. The quantitative estimate of drug-likeness (QED) is 0.586. The first-order valence-electron chi connectivity index (χ1n) is 7.98. The number of ether oxygens (including phenoxy) is 3. The highest BCUT2D eigenvalue weighted by molar-refractivity contribution is 6.02. The Balaban J connectivity index is 2.89.